The molecule has 1 aliphatic rings. The maximum Gasteiger partial charge on any atom is 0.410 e. The van der Waals surface area contributed by atoms with E-state index in [0.717, 1.165) is 15.2 Å². The van der Waals surface area contributed by atoms with E-state index in [-0.39, 0.29) is 25.9 Å². The minimum absolute atomic E-state index is 0.0861. The number of hydrogen-bond acceptors (Lipinski definition) is 4. The van der Waals surface area contributed by atoms with E-state index in [1.165, 1.54) is 4.90 Å². The van der Waals surface area contributed by atoms with Crippen LogP contribution in [0.3, 0.4) is 0 Å². The zero-order valence-corrected chi connectivity index (χ0v) is 17.7. The Morgan fingerprint density at radius 1 is 1.21 bits per heavy atom. The molecule has 28 heavy (non-hydrogen) atoms. The molecule has 3 rings (SSSR count). The molecule has 6 nitrogen and oxygen atoms in total. The van der Waals surface area contributed by atoms with Crippen LogP contribution in [0.5, 0.6) is 0 Å². The summed E-state index contributed by atoms with van der Waals surface area (Å²) in [4.78, 5) is 30.3. The third kappa shape index (κ3) is 4.79. The van der Waals surface area contributed by atoms with Crippen molar-refractivity contribution in [1.82, 2.24) is 9.88 Å². The zero-order valence-electron chi connectivity index (χ0n) is 16.1. The number of halogens is 2. The number of amides is 2. The van der Waals surface area contributed by atoms with Crippen LogP contribution in [-0.2, 0) is 9.53 Å². The van der Waals surface area contributed by atoms with Crippen LogP contribution < -0.4 is 5.32 Å². The second-order valence-corrected chi connectivity index (χ2v) is 8.86. The maximum atomic E-state index is 15.2. The topological polar surface area (TPSA) is 71.5 Å². The van der Waals surface area contributed by atoms with Crippen molar-refractivity contribution in [2.45, 2.75) is 44.9 Å². The van der Waals surface area contributed by atoms with Crippen LogP contribution >= 0.6 is 15.9 Å². The smallest absolute Gasteiger partial charge is 0.410 e. The third-order valence-corrected chi connectivity index (χ3v) is 5.03. The standard InChI is InChI=1S/C20H23BrFN3O3/c1-19(2,3)28-18(27)25-8-6-20(22,7-9-25)17(26)24-16-11-14-10-15(21)5-4-13(14)12-23-16/h4-5,10-12H,6-9H2,1-3H3,(H,23,24,26). The number of nitrogens with zero attached hydrogens (tertiary/aromatic N) is 2. The number of benzene rings is 1. The summed E-state index contributed by atoms with van der Waals surface area (Å²) in [5, 5.41) is 4.37. The number of carbonyl (C=O) groups excluding carboxylic acids is 2. The lowest BCUT2D eigenvalue weighted by molar-refractivity contribution is -0.130. The summed E-state index contributed by atoms with van der Waals surface area (Å²) in [6, 6.07) is 7.41. The number of fused-ring (bicyclic) bond motifs is 1. The fourth-order valence-corrected chi connectivity index (χ4v) is 3.38. The molecule has 0 saturated carbocycles. The first-order chi connectivity index (χ1) is 13.1. The summed E-state index contributed by atoms with van der Waals surface area (Å²) in [7, 11) is 0. The largest absolute Gasteiger partial charge is 0.444 e. The normalized spacial score (nSPS) is 16.7. The molecule has 1 aliphatic heterocycles. The van der Waals surface area contributed by atoms with Crippen molar-refractivity contribution in [2.24, 2.45) is 0 Å². The van der Waals surface area contributed by atoms with E-state index in [9.17, 15) is 9.59 Å². The number of alkyl halides is 1. The van der Waals surface area contributed by atoms with Crippen molar-refractivity contribution in [1.29, 1.82) is 0 Å². The number of rotatable bonds is 2. The summed E-state index contributed by atoms with van der Waals surface area (Å²) >= 11 is 3.40. The Kier molecular flexibility index (Phi) is 5.61. The van der Waals surface area contributed by atoms with Gasteiger partial charge in [0.25, 0.3) is 5.91 Å². The van der Waals surface area contributed by atoms with Gasteiger partial charge < -0.3 is 15.0 Å². The lowest BCUT2D eigenvalue weighted by Crippen LogP contribution is -2.51. The van der Waals surface area contributed by atoms with Crippen LogP contribution in [0.1, 0.15) is 33.6 Å². The fraction of sp³-hybridized carbons (Fsp3) is 0.450. The molecule has 1 aromatic carbocycles. The molecule has 8 heteroatoms. The highest BCUT2D eigenvalue weighted by molar-refractivity contribution is 9.10. The molecule has 0 bridgehead atoms. The highest BCUT2D eigenvalue weighted by atomic mass is 79.9. The average Bonchev–Trinajstić information content (AvgIpc) is 2.60. The minimum atomic E-state index is -2.05. The number of likely N-dealkylation sites (tertiary alicyclic amines) is 1. The molecule has 0 radical (unpaired) electrons. The number of ether oxygens (including phenoxy) is 1. The predicted molar refractivity (Wildman–Crippen MR) is 109 cm³/mol. The van der Waals surface area contributed by atoms with E-state index < -0.39 is 23.3 Å². The number of carbonyl (C=O) groups is 2. The van der Waals surface area contributed by atoms with Crippen LogP contribution in [-0.4, -0.2) is 46.2 Å². The Morgan fingerprint density at radius 3 is 2.54 bits per heavy atom. The molecule has 1 aromatic heterocycles. The Labute approximate surface area is 171 Å². The summed E-state index contributed by atoms with van der Waals surface area (Å²) < 4.78 is 21.4. The summed E-state index contributed by atoms with van der Waals surface area (Å²) in [5.74, 6) is -0.444. The molecule has 1 fully saturated rings. The maximum absolute atomic E-state index is 15.2. The average molecular weight is 452 g/mol. The Morgan fingerprint density at radius 2 is 1.89 bits per heavy atom. The molecule has 0 aliphatic carbocycles. The summed E-state index contributed by atoms with van der Waals surface area (Å²) in [6.45, 7) is 5.57. The van der Waals surface area contributed by atoms with Crippen LogP contribution in [0.15, 0.2) is 34.9 Å². The minimum Gasteiger partial charge on any atom is -0.444 e. The van der Waals surface area contributed by atoms with Crippen molar-refractivity contribution in [3.8, 4) is 0 Å². The van der Waals surface area contributed by atoms with E-state index in [2.05, 4.69) is 26.2 Å². The predicted octanol–water partition coefficient (Wildman–Crippen LogP) is 4.68. The lowest BCUT2D eigenvalue weighted by atomic mass is 9.92. The van der Waals surface area contributed by atoms with Gasteiger partial charge >= 0.3 is 6.09 Å². The van der Waals surface area contributed by atoms with Gasteiger partial charge in [-0.25, -0.2) is 14.2 Å². The monoisotopic (exact) mass is 451 g/mol. The second kappa shape index (κ2) is 7.66. The van der Waals surface area contributed by atoms with Gasteiger partial charge in [0.05, 0.1) is 0 Å². The lowest BCUT2D eigenvalue weighted by Gasteiger charge is -2.36. The zero-order chi connectivity index (χ0) is 20.5. The molecule has 0 unspecified atom stereocenters. The quantitative estimate of drug-likeness (QED) is 0.719. The molecule has 0 atom stereocenters. The first-order valence-electron chi connectivity index (χ1n) is 9.09. The van der Waals surface area contributed by atoms with Gasteiger partial charge in [-0.05, 0) is 44.4 Å². The molecule has 2 heterocycles. The SMILES string of the molecule is CC(C)(C)OC(=O)N1CCC(F)(C(=O)Nc2cc3cc(Br)ccc3cn2)CC1. The van der Waals surface area contributed by atoms with Gasteiger partial charge in [0.15, 0.2) is 5.67 Å². The van der Waals surface area contributed by atoms with Gasteiger partial charge in [0.2, 0.25) is 0 Å². The molecule has 2 amide bonds. The van der Waals surface area contributed by atoms with Crippen LogP contribution in [0.4, 0.5) is 15.0 Å². The number of nitrogens with one attached hydrogen (secondary N) is 1. The first kappa shape index (κ1) is 20.5. The van der Waals surface area contributed by atoms with Crippen molar-refractivity contribution >= 4 is 44.5 Å². The van der Waals surface area contributed by atoms with Crippen LogP contribution in [0, 0.1) is 0 Å². The molecular formula is C20H23BrFN3O3. The van der Waals surface area contributed by atoms with Crippen LogP contribution in [0.2, 0.25) is 0 Å². The van der Waals surface area contributed by atoms with Crippen molar-refractivity contribution in [3.63, 3.8) is 0 Å². The van der Waals surface area contributed by atoms with Crippen molar-refractivity contribution in [2.75, 3.05) is 18.4 Å². The van der Waals surface area contributed by atoms with E-state index >= 15 is 4.39 Å². The first-order valence-corrected chi connectivity index (χ1v) is 9.89. The van der Waals surface area contributed by atoms with Gasteiger partial charge in [-0.1, -0.05) is 22.0 Å². The Bertz CT molecular complexity index is 905. The van der Waals surface area contributed by atoms with Gasteiger partial charge in [0.1, 0.15) is 11.4 Å². The van der Waals surface area contributed by atoms with E-state index in [1.807, 2.05) is 18.2 Å². The van der Waals surface area contributed by atoms with E-state index in [1.54, 1.807) is 33.0 Å². The van der Waals surface area contributed by atoms with Crippen LogP contribution in [0.25, 0.3) is 10.8 Å². The number of hydrogen-bond donors (Lipinski definition) is 1. The van der Waals surface area contributed by atoms with Crippen molar-refractivity contribution < 1.29 is 18.7 Å². The molecule has 0 spiro atoms. The fourth-order valence-electron chi connectivity index (χ4n) is 3.01. The van der Waals surface area contributed by atoms with E-state index in [4.69, 9.17) is 4.74 Å². The van der Waals surface area contributed by atoms with Gasteiger partial charge in [-0.3, -0.25) is 4.79 Å². The van der Waals surface area contributed by atoms with Gasteiger partial charge in [-0.15, -0.1) is 0 Å². The van der Waals surface area contributed by atoms with E-state index in [0.29, 0.717) is 5.82 Å². The molecule has 2 aromatic rings. The summed E-state index contributed by atoms with van der Waals surface area (Å²) in [6.07, 6.45) is 0.971. The highest BCUT2D eigenvalue weighted by Gasteiger charge is 2.43. The Balaban J connectivity index is 1.64. The summed E-state index contributed by atoms with van der Waals surface area (Å²) in [5.41, 5.74) is -2.66. The second-order valence-electron chi connectivity index (χ2n) is 7.95. The Hall–Kier alpha value is -2.22. The number of aromatic nitrogens is 1. The molecule has 150 valence electrons. The number of piperidine rings is 1. The third-order valence-electron chi connectivity index (χ3n) is 4.54. The highest BCUT2D eigenvalue weighted by Crippen LogP contribution is 2.29. The van der Waals surface area contributed by atoms with Crippen molar-refractivity contribution in [3.05, 3.63) is 34.9 Å². The number of pyridine rings is 1. The molecular weight excluding hydrogens is 429 g/mol. The van der Waals surface area contributed by atoms with Gasteiger partial charge in [0, 0.05) is 42.0 Å². The number of anilines is 1. The molecule has 1 saturated heterocycles. The molecule has 1 N–H and O–H groups in total. The van der Waals surface area contributed by atoms with Gasteiger partial charge in [-0.2, -0.15) is 0 Å².